The Labute approximate surface area is 111 Å². The second-order valence-electron chi connectivity index (χ2n) is 4.14. The van der Waals surface area contributed by atoms with Gasteiger partial charge in [-0.3, -0.25) is 0 Å². The zero-order chi connectivity index (χ0) is 14.6. The van der Waals surface area contributed by atoms with E-state index in [4.69, 9.17) is 42.3 Å². The van der Waals surface area contributed by atoms with Crippen molar-refractivity contribution in [1.82, 2.24) is 0 Å². The molecule has 0 amide bonds. The number of anilines is 4. The van der Waals surface area contributed by atoms with E-state index in [2.05, 4.69) is 0 Å². The molecule has 0 spiro atoms. The number of nitriles is 2. The summed E-state index contributed by atoms with van der Waals surface area (Å²) in [5.74, 6) is -0.194. The maximum atomic E-state index is 9.10. The Kier molecular flexibility index (Phi) is 2.02. The van der Waals surface area contributed by atoms with Crippen molar-refractivity contribution in [2.45, 2.75) is 0 Å². The lowest BCUT2D eigenvalue weighted by atomic mass is 10.0. The highest BCUT2D eigenvalue weighted by Gasteiger charge is 2.25. The lowest BCUT2D eigenvalue weighted by Gasteiger charge is -2.01. The monoisotopic (exact) mass is 268 g/mol. The summed E-state index contributed by atoms with van der Waals surface area (Å²) in [5, 5.41) is 18.7. The van der Waals surface area contributed by atoms with Gasteiger partial charge in [0.1, 0.15) is 23.3 Å². The van der Waals surface area contributed by atoms with Crippen molar-refractivity contribution in [1.29, 1.82) is 10.5 Å². The summed E-state index contributed by atoms with van der Waals surface area (Å²) in [6.07, 6.45) is 0. The molecular formula is C12H8N6O2. The number of fused-ring (bicyclic) bond motifs is 2. The summed E-state index contributed by atoms with van der Waals surface area (Å²) in [5.41, 5.74) is 23.8. The van der Waals surface area contributed by atoms with Crippen LogP contribution < -0.4 is 22.9 Å². The lowest BCUT2D eigenvalue weighted by molar-refractivity contribution is 0.634. The quantitative estimate of drug-likeness (QED) is 0.347. The maximum Gasteiger partial charge on any atom is 0.209 e. The molecule has 0 aliphatic heterocycles. The molecule has 20 heavy (non-hydrogen) atoms. The van der Waals surface area contributed by atoms with Crippen LogP contribution in [0, 0.1) is 22.7 Å². The Morgan fingerprint density at radius 2 is 1.05 bits per heavy atom. The van der Waals surface area contributed by atoms with Crippen molar-refractivity contribution < 1.29 is 8.83 Å². The smallest absolute Gasteiger partial charge is 0.209 e. The number of nitrogens with zero attached hydrogens (tertiary/aromatic N) is 2. The highest BCUT2D eigenvalue weighted by atomic mass is 16.4. The molecule has 0 atom stereocenters. The molecule has 0 aliphatic rings. The van der Waals surface area contributed by atoms with Gasteiger partial charge in [-0.15, -0.1) is 0 Å². The minimum absolute atomic E-state index is 0.0691. The zero-order valence-corrected chi connectivity index (χ0v) is 10.0. The van der Waals surface area contributed by atoms with Crippen LogP contribution in [0.15, 0.2) is 8.83 Å². The summed E-state index contributed by atoms with van der Waals surface area (Å²) in [6.45, 7) is 0. The molecule has 3 rings (SSSR count). The molecule has 8 N–H and O–H groups in total. The van der Waals surface area contributed by atoms with E-state index >= 15 is 0 Å². The van der Waals surface area contributed by atoms with Gasteiger partial charge >= 0.3 is 0 Å². The molecule has 0 fully saturated rings. The Hall–Kier alpha value is -3.52. The third kappa shape index (κ3) is 1.12. The van der Waals surface area contributed by atoms with Gasteiger partial charge in [-0.25, -0.2) is 0 Å². The molecule has 0 unspecified atom stereocenters. The summed E-state index contributed by atoms with van der Waals surface area (Å²) >= 11 is 0. The molecule has 0 saturated carbocycles. The van der Waals surface area contributed by atoms with Crippen LogP contribution in [-0.2, 0) is 0 Å². The Morgan fingerprint density at radius 1 is 0.700 bits per heavy atom. The van der Waals surface area contributed by atoms with Gasteiger partial charge in [-0.05, 0) is 0 Å². The molecule has 8 heteroatoms. The summed E-state index contributed by atoms with van der Waals surface area (Å²) in [6, 6.07) is 3.79. The van der Waals surface area contributed by atoms with Gasteiger partial charge in [-0.1, -0.05) is 0 Å². The summed E-state index contributed by atoms with van der Waals surface area (Å²) in [7, 11) is 0. The van der Waals surface area contributed by atoms with E-state index in [0.717, 1.165) is 0 Å². The number of hydrogen-bond donors (Lipinski definition) is 4. The fourth-order valence-electron chi connectivity index (χ4n) is 2.24. The van der Waals surface area contributed by atoms with Crippen molar-refractivity contribution >= 4 is 45.1 Å². The normalized spacial score (nSPS) is 10.7. The zero-order valence-electron chi connectivity index (χ0n) is 10.0. The third-order valence-corrected chi connectivity index (χ3v) is 3.12. The van der Waals surface area contributed by atoms with Crippen LogP contribution in [0.4, 0.5) is 23.1 Å². The van der Waals surface area contributed by atoms with Crippen LogP contribution in [0.3, 0.4) is 0 Å². The van der Waals surface area contributed by atoms with E-state index in [1.54, 1.807) is 0 Å². The first-order valence-electron chi connectivity index (χ1n) is 5.42. The van der Waals surface area contributed by atoms with Crippen LogP contribution in [0.25, 0.3) is 21.9 Å². The van der Waals surface area contributed by atoms with Gasteiger partial charge in [-0.2, -0.15) is 10.5 Å². The molecule has 0 bridgehead atoms. The first kappa shape index (κ1) is 11.6. The first-order chi connectivity index (χ1) is 9.51. The fraction of sp³-hybridized carbons (Fsp3) is 0. The summed E-state index contributed by atoms with van der Waals surface area (Å²) in [4.78, 5) is 0. The number of nitrogens with two attached hydrogens (primary N) is 4. The molecule has 0 saturated heterocycles. The van der Waals surface area contributed by atoms with Gasteiger partial charge in [0, 0.05) is 0 Å². The number of hydrogen-bond acceptors (Lipinski definition) is 8. The average Bonchev–Trinajstić information content (AvgIpc) is 2.93. The maximum absolute atomic E-state index is 9.10. The number of benzene rings is 1. The summed E-state index contributed by atoms with van der Waals surface area (Å²) < 4.78 is 10.6. The van der Waals surface area contributed by atoms with Gasteiger partial charge in [0.25, 0.3) is 0 Å². The lowest BCUT2D eigenvalue weighted by Crippen LogP contribution is -1.94. The highest BCUT2D eigenvalue weighted by molar-refractivity contribution is 6.19. The Morgan fingerprint density at radius 3 is 1.35 bits per heavy atom. The molecule has 2 heterocycles. The number of furan rings is 2. The van der Waals surface area contributed by atoms with Crippen molar-refractivity contribution in [2.24, 2.45) is 0 Å². The van der Waals surface area contributed by atoms with Crippen LogP contribution in [0.5, 0.6) is 0 Å². The molecule has 3 aromatic rings. The van der Waals surface area contributed by atoms with Gasteiger partial charge in [0.05, 0.1) is 22.1 Å². The molecule has 1 aromatic carbocycles. The van der Waals surface area contributed by atoms with E-state index in [-0.39, 0.29) is 56.2 Å². The first-order valence-corrected chi connectivity index (χ1v) is 5.42. The number of nitrogen functional groups attached to an aromatic ring is 4. The van der Waals surface area contributed by atoms with E-state index in [0.29, 0.717) is 0 Å². The number of rotatable bonds is 0. The second-order valence-corrected chi connectivity index (χ2v) is 4.14. The van der Waals surface area contributed by atoms with Gasteiger partial charge < -0.3 is 31.8 Å². The fourth-order valence-corrected chi connectivity index (χ4v) is 2.24. The van der Waals surface area contributed by atoms with Gasteiger partial charge in [0.2, 0.25) is 11.8 Å². The van der Waals surface area contributed by atoms with Crippen molar-refractivity contribution in [3.8, 4) is 12.1 Å². The largest absolute Gasteiger partial charge is 0.437 e. The average molecular weight is 268 g/mol. The molecule has 98 valence electrons. The van der Waals surface area contributed by atoms with Gasteiger partial charge in [0.15, 0.2) is 11.2 Å². The van der Waals surface area contributed by atoms with E-state index in [1.165, 1.54) is 0 Å². The SMILES string of the molecule is N#Cc1c(N)oc2c(N)c3c(C#N)c(N)oc3c(N)c12. The van der Waals surface area contributed by atoms with Crippen LogP contribution in [-0.4, -0.2) is 0 Å². The van der Waals surface area contributed by atoms with E-state index in [1.807, 2.05) is 12.1 Å². The van der Waals surface area contributed by atoms with E-state index < -0.39 is 0 Å². The van der Waals surface area contributed by atoms with Crippen LogP contribution in [0.2, 0.25) is 0 Å². The molecule has 2 aromatic heterocycles. The predicted octanol–water partition coefficient (Wildman–Crippen LogP) is 1.25. The highest BCUT2D eigenvalue weighted by Crippen LogP contribution is 2.45. The van der Waals surface area contributed by atoms with Crippen molar-refractivity contribution in [3.63, 3.8) is 0 Å². The minimum Gasteiger partial charge on any atom is -0.437 e. The van der Waals surface area contributed by atoms with Crippen LogP contribution >= 0.6 is 0 Å². The Balaban J connectivity index is 2.69. The molecule has 0 aliphatic carbocycles. The second kappa shape index (κ2) is 3.49. The van der Waals surface area contributed by atoms with Crippen molar-refractivity contribution in [3.05, 3.63) is 11.1 Å². The standard InChI is InChI=1S/C12H8N6O2/c13-1-3-5-7(15)10-6(4(2-14)12(18)20-10)8(16)9(5)19-11(3)17/h15-18H2. The minimum atomic E-state index is -0.0972. The van der Waals surface area contributed by atoms with E-state index in [9.17, 15) is 0 Å². The van der Waals surface area contributed by atoms with Crippen LogP contribution in [0.1, 0.15) is 11.1 Å². The molecule has 8 nitrogen and oxygen atoms in total. The third-order valence-electron chi connectivity index (χ3n) is 3.12. The predicted molar refractivity (Wildman–Crippen MR) is 73.1 cm³/mol. The van der Waals surface area contributed by atoms with Crippen molar-refractivity contribution in [2.75, 3.05) is 22.9 Å². The topological polar surface area (TPSA) is 178 Å². The molecular weight excluding hydrogens is 260 g/mol. The molecule has 0 radical (unpaired) electrons. The Bertz CT molecular complexity index is 886.